The van der Waals surface area contributed by atoms with Gasteiger partial charge in [-0.1, -0.05) is 167 Å². The van der Waals surface area contributed by atoms with Crippen molar-refractivity contribution in [3.05, 3.63) is 289 Å². The molecule has 2 spiro atoms. The fourth-order valence-corrected chi connectivity index (χ4v) is 12.1. The third-order valence-electron chi connectivity index (χ3n) is 14.5. The highest BCUT2D eigenvalue weighted by Gasteiger charge is 2.52. The van der Waals surface area contributed by atoms with Crippen LogP contribution in [-0.4, -0.2) is 17.2 Å². The molecule has 0 atom stereocenters. The van der Waals surface area contributed by atoms with E-state index in [1.165, 1.54) is 68.8 Å². The third kappa shape index (κ3) is 7.45. The van der Waals surface area contributed by atoms with Gasteiger partial charge >= 0.3 is 7.12 Å². The van der Waals surface area contributed by atoms with Crippen LogP contribution in [0.15, 0.2) is 223 Å². The Labute approximate surface area is 446 Å². The molecule has 0 saturated carbocycles. The zero-order valence-electron chi connectivity index (χ0n) is 39.1. The smallest absolute Gasteiger partial charge is 0.457 e. The predicted molar refractivity (Wildman–Crippen MR) is 296 cm³/mol. The van der Waals surface area contributed by atoms with Crippen LogP contribution in [-0.2, 0) is 10.8 Å². The molecule has 2 heterocycles. The van der Waals surface area contributed by atoms with Crippen LogP contribution in [0.4, 0.5) is 0 Å². The maximum Gasteiger partial charge on any atom is 0.488 e. The molecule has 14 rings (SSSR count). The van der Waals surface area contributed by atoms with Gasteiger partial charge in [0.25, 0.3) is 0 Å². The first kappa shape index (κ1) is 46.9. The molecule has 10 aromatic carbocycles. The lowest BCUT2D eigenvalue weighted by atomic mass is 9.66. The number of nitriles is 2. The van der Waals surface area contributed by atoms with Gasteiger partial charge in [0.2, 0.25) is 0 Å². The van der Waals surface area contributed by atoms with Crippen LogP contribution in [0.25, 0.3) is 33.4 Å². The van der Waals surface area contributed by atoms with Crippen molar-refractivity contribution in [1.82, 2.24) is 0 Å². The van der Waals surface area contributed by atoms with Crippen molar-refractivity contribution >= 4 is 51.7 Å². The predicted octanol–water partition coefficient (Wildman–Crippen LogP) is 15.2. The number of rotatable bonds is 2. The minimum atomic E-state index is -1.46. The lowest BCUT2D eigenvalue weighted by Crippen LogP contribution is -2.32. The molecule has 6 nitrogen and oxygen atoms in total. The van der Waals surface area contributed by atoms with Gasteiger partial charge in [-0.3, -0.25) is 0 Å². The standard InChI is InChI=1S/C32H18ClNO.C25H14BrClO.C7H6BNO2/c33-23-14-16-31-29(18-23)32(26-7-3-1-5-24(26)25-6-2-4-8-27(25)32)28-17-22(13-15-30(28)35-31)21-11-9-20(19-34)10-12-21;26-15-9-11-23-21(13-15)25(22-14-16(27)10-12-24(22)28-23)19-7-3-1-5-17(19)18-6-2-4-8-20(18)25;9-5-6-1-3-7(4-2-6)8(10)11/h1-18H;1-14H;1-4,10-11H. The Morgan fingerprint density at radius 2 is 0.743 bits per heavy atom. The Kier molecular flexibility index (Phi) is 11.8. The van der Waals surface area contributed by atoms with E-state index in [9.17, 15) is 5.26 Å². The molecule has 2 N–H and O–H groups in total. The molecule has 0 radical (unpaired) electrons. The summed E-state index contributed by atoms with van der Waals surface area (Å²) in [5.74, 6) is 3.39. The van der Waals surface area contributed by atoms with Crippen molar-refractivity contribution < 1.29 is 19.5 Å². The van der Waals surface area contributed by atoms with Gasteiger partial charge in [-0.05, 0) is 152 Å². The van der Waals surface area contributed by atoms with E-state index >= 15 is 0 Å². The highest BCUT2D eigenvalue weighted by atomic mass is 79.9. The summed E-state index contributed by atoms with van der Waals surface area (Å²) in [6.45, 7) is 0. The molecule has 352 valence electrons. The SMILES string of the molecule is Clc1ccc2c(c1)C1(c3cc(Br)ccc3O2)c2ccccc2-c2ccccc21.N#Cc1ccc(-c2ccc3c(c2)C2(c4cc(Cl)ccc4O3)c3ccccc3-c3ccccc32)cc1.N#Cc1ccc(B(O)O)cc1. The Balaban J connectivity index is 0.000000127. The molecule has 0 bridgehead atoms. The average Bonchev–Trinajstić information content (AvgIpc) is 3.91. The molecule has 10 aromatic rings. The summed E-state index contributed by atoms with van der Waals surface area (Å²) in [6, 6.07) is 77.0. The second-order valence-electron chi connectivity index (χ2n) is 18.3. The van der Waals surface area contributed by atoms with Crippen LogP contribution in [0.1, 0.15) is 55.6 Å². The maximum absolute atomic E-state index is 9.22. The molecule has 0 amide bonds. The minimum Gasteiger partial charge on any atom is -0.457 e. The number of benzene rings is 10. The molecule has 0 unspecified atom stereocenters. The first-order valence-corrected chi connectivity index (χ1v) is 25.3. The number of ether oxygens (including phenoxy) is 2. The summed E-state index contributed by atoms with van der Waals surface area (Å²) in [7, 11) is -1.46. The molecule has 74 heavy (non-hydrogen) atoms. The molecule has 0 saturated heterocycles. The topological polar surface area (TPSA) is 106 Å². The summed E-state index contributed by atoms with van der Waals surface area (Å²) in [5.41, 5.74) is 17.0. The summed E-state index contributed by atoms with van der Waals surface area (Å²) in [5, 5.41) is 36.3. The second-order valence-corrected chi connectivity index (χ2v) is 20.1. The van der Waals surface area contributed by atoms with Crippen molar-refractivity contribution in [1.29, 1.82) is 10.5 Å². The van der Waals surface area contributed by atoms with Crippen molar-refractivity contribution in [2.24, 2.45) is 0 Å². The second kappa shape index (κ2) is 18.7. The Morgan fingerprint density at radius 3 is 1.16 bits per heavy atom. The first-order chi connectivity index (χ1) is 36.1. The van der Waals surface area contributed by atoms with Crippen molar-refractivity contribution in [2.75, 3.05) is 0 Å². The van der Waals surface area contributed by atoms with Crippen molar-refractivity contribution in [3.63, 3.8) is 0 Å². The zero-order valence-corrected chi connectivity index (χ0v) is 42.2. The molecule has 0 fully saturated rings. The van der Waals surface area contributed by atoms with Crippen LogP contribution >= 0.6 is 39.1 Å². The Morgan fingerprint density at radius 1 is 0.392 bits per heavy atom. The van der Waals surface area contributed by atoms with E-state index in [0.29, 0.717) is 26.6 Å². The van der Waals surface area contributed by atoms with Crippen LogP contribution in [0, 0.1) is 22.7 Å². The van der Waals surface area contributed by atoms with Crippen molar-refractivity contribution in [3.8, 4) is 68.5 Å². The van der Waals surface area contributed by atoms with Gasteiger partial charge in [-0.25, -0.2) is 0 Å². The Bertz CT molecular complexity index is 3830. The molecule has 2 aliphatic carbocycles. The van der Waals surface area contributed by atoms with E-state index in [1.807, 2.05) is 72.8 Å². The molecular weight excluding hydrogens is 1020 g/mol. The highest BCUT2D eigenvalue weighted by molar-refractivity contribution is 9.10. The van der Waals surface area contributed by atoms with Gasteiger partial charge in [0.1, 0.15) is 23.0 Å². The van der Waals surface area contributed by atoms with Gasteiger partial charge in [0.15, 0.2) is 0 Å². The summed E-state index contributed by atoms with van der Waals surface area (Å²) < 4.78 is 13.8. The molecule has 4 aliphatic rings. The molecule has 0 aromatic heterocycles. The van der Waals surface area contributed by atoms with E-state index in [-0.39, 0.29) is 0 Å². The summed E-state index contributed by atoms with van der Waals surface area (Å²) in [4.78, 5) is 0. The Hall–Kier alpha value is -8.18. The minimum absolute atomic E-state index is 0.393. The molecular formula is C64H38BBrCl2N2O4. The maximum atomic E-state index is 9.22. The number of hydrogen-bond acceptors (Lipinski definition) is 6. The highest BCUT2D eigenvalue weighted by Crippen LogP contribution is 2.64. The van der Waals surface area contributed by atoms with E-state index < -0.39 is 17.9 Å². The number of fused-ring (bicyclic) bond motifs is 18. The van der Waals surface area contributed by atoms with Crippen LogP contribution in [0.2, 0.25) is 10.0 Å². The quantitative estimate of drug-likeness (QED) is 0.167. The third-order valence-corrected chi connectivity index (χ3v) is 15.4. The lowest BCUT2D eigenvalue weighted by molar-refractivity contribution is 0.425. The molecule has 2 aliphatic heterocycles. The fourth-order valence-electron chi connectivity index (χ4n) is 11.4. The molecule has 10 heteroatoms. The van der Waals surface area contributed by atoms with E-state index in [1.54, 1.807) is 0 Å². The largest absolute Gasteiger partial charge is 0.488 e. The van der Waals surface area contributed by atoms with E-state index in [0.717, 1.165) is 60.9 Å². The normalized spacial score (nSPS) is 13.3. The van der Waals surface area contributed by atoms with Gasteiger partial charge < -0.3 is 19.5 Å². The van der Waals surface area contributed by atoms with Crippen molar-refractivity contribution in [2.45, 2.75) is 10.8 Å². The lowest BCUT2D eigenvalue weighted by Gasteiger charge is -2.39. The van der Waals surface area contributed by atoms with Crippen LogP contribution in [0.3, 0.4) is 0 Å². The van der Waals surface area contributed by atoms with Gasteiger partial charge in [-0.2, -0.15) is 10.5 Å². The van der Waals surface area contributed by atoms with Crippen LogP contribution in [0.5, 0.6) is 23.0 Å². The van der Waals surface area contributed by atoms with Crippen LogP contribution < -0.4 is 14.9 Å². The number of halogens is 3. The number of nitrogens with zero attached hydrogens (tertiary/aromatic N) is 2. The van der Waals surface area contributed by atoms with E-state index in [2.05, 4.69) is 149 Å². The summed E-state index contributed by atoms with van der Waals surface area (Å²) >= 11 is 16.8. The fraction of sp³-hybridized carbons (Fsp3) is 0.0312. The first-order valence-electron chi connectivity index (χ1n) is 23.8. The average molecular weight is 1060 g/mol. The van der Waals surface area contributed by atoms with Gasteiger partial charge in [0, 0.05) is 36.8 Å². The van der Waals surface area contributed by atoms with E-state index in [4.69, 9.17) is 48.0 Å². The zero-order chi connectivity index (χ0) is 50.7. The summed E-state index contributed by atoms with van der Waals surface area (Å²) in [6.07, 6.45) is 0. The monoisotopic (exact) mass is 1060 g/mol. The number of hydrogen-bond donors (Lipinski definition) is 2. The van der Waals surface area contributed by atoms with Gasteiger partial charge in [-0.15, -0.1) is 0 Å². The van der Waals surface area contributed by atoms with Gasteiger partial charge in [0.05, 0.1) is 34.1 Å².